The Morgan fingerprint density at radius 1 is 1.06 bits per heavy atom. The first-order chi connectivity index (χ1) is 8.51. The lowest BCUT2D eigenvalue weighted by molar-refractivity contribution is -0.0149. The van der Waals surface area contributed by atoms with Crippen molar-refractivity contribution in [2.24, 2.45) is 0 Å². The Morgan fingerprint density at radius 2 is 1.56 bits per heavy atom. The molecule has 102 valence electrons. The van der Waals surface area contributed by atoms with E-state index in [0.717, 1.165) is 24.8 Å². The zero-order valence-corrected chi connectivity index (χ0v) is 12.4. The molecule has 1 N–H and O–H groups in total. The maximum atomic E-state index is 10.7. The topological polar surface area (TPSA) is 23.5 Å². The van der Waals surface area contributed by atoms with E-state index in [1.807, 2.05) is 0 Å². The van der Waals surface area contributed by atoms with E-state index in [2.05, 4.69) is 64.0 Å². The van der Waals surface area contributed by atoms with Gasteiger partial charge in [0.2, 0.25) is 0 Å². The van der Waals surface area contributed by atoms with Crippen LogP contribution in [0.1, 0.15) is 50.8 Å². The van der Waals surface area contributed by atoms with Crippen LogP contribution in [0.3, 0.4) is 0 Å². The Morgan fingerprint density at radius 3 is 1.89 bits per heavy atom. The SMILES string of the molecule is CCc1ccc(C(O)C(CC)(CC)N(C)C)cc1. The summed E-state index contributed by atoms with van der Waals surface area (Å²) in [5, 5.41) is 10.7. The summed E-state index contributed by atoms with van der Waals surface area (Å²) in [5.41, 5.74) is 2.16. The molecule has 0 spiro atoms. The molecular formula is C16H27NO. The predicted molar refractivity (Wildman–Crippen MR) is 77.8 cm³/mol. The Labute approximate surface area is 112 Å². The number of aliphatic hydroxyl groups is 1. The molecule has 0 saturated carbocycles. The number of hydrogen-bond acceptors (Lipinski definition) is 2. The molecule has 1 atom stereocenters. The molecule has 0 amide bonds. The lowest BCUT2D eigenvalue weighted by atomic mass is 9.81. The molecule has 0 aliphatic rings. The molecular weight excluding hydrogens is 222 g/mol. The van der Waals surface area contributed by atoms with Gasteiger partial charge in [0.15, 0.2) is 0 Å². The summed E-state index contributed by atoms with van der Waals surface area (Å²) in [5.74, 6) is 0. The van der Waals surface area contributed by atoms with Gasteiger partial charge in [-0.05, 0) is 44.5 Å². The van der Waals surface area contributed by atoms with Crippen molar-refractivity contribution in [2.75, 3.05) is 14.1 Å². The van der Waals surface area contributed by atoms with Gasteiger partial charge in [-0.3, -0.25) is 0 Å². The normalized spacial score (nSPS) is 13.9. The molecule has 1 aromatic rings. The summed E-state index contributed by atoms with van der Waals surface area (Å²) < 4.78 is 0. The van der Waals surface area contributed by atoms with Gasteiger partial charge in [-0.15, -0.1) is 0 Å². The van der Waals surface area contributed by atoms with E-state index < -0.39 is 6.10 Å². The van der Waals surface area contributed by atoms with E-state index >= 15 is 0 Å². The number of aryl methyl sites for hydroxylation is 1. The minimum atomic E-state index is -0.437. The quantitative estimate of drug-likeness (QED) is 0.835. The summed E-state index contributed by atoms with van der Waals surface area (Å²) in [6, 6.07) is 8.36. The van der Waals surface area contributed by atoms with Gasteiger partial charge >= 0.3 is 0 Å². The molecule has 0 aromatic heterocycles. The zero-order chi connectivity index (χ0) is 13.8. The molecule has 0 bridgehead atoms. The maximum absolute atomic E-state index is 10.7. The first-order valence-corrected chi connectivity index (χ1v) is 6.96. The summed E-state index contributed by atoms with van der Waals surface area (Å²) in [6.45, 7) is 6.44. The molecule has 1 aromatic carbocycles. The lowest BCUT2D eigenvalue weighted by Gasteiger charge is -2.42. The van der Waals surface area contributed by atoms with E-state index in [4.69, 9.17) is 0 Å². The van der Waals surface area contributed by atoms with Crippen LogP contribution >= 0.6 is 0 Å². The second kappa shape index (κ2) is 6.35. The molecule has 0 fully saturated rings. The number of nitrogens with zero attached hydrogens (tertiary/aromatic N) is 1. The number of hydrogen-bond donors (Lipinski definition) is 1. The van der Waals surface area contributed by atoms with E-state index in [1.165, 1.54) is 5.56 Å². The average molecular weight is 249 g/mol. The van der Waals surface area contributed by atoms with Crippen LogP contribution in [0, 0.1) is 0 Å². The van der Waals surface area contributed by atoms with Gasteiger partial charge in [0.25, 0.3) is 0 Å². The molecule has 0 aliphatic heterocycles. The Bertz CT molecular complexity index is 352. The van der Waals surface area contributed by atoms with Gasteiger partial charge in [0, 0.05) is 5.54 Å². The van der Waals surface area contributed by atoms with Gasteiger partial charge in [-0.2, -0.15) is 0 Å². The third kappa shape index (κ3) is 2.76. The van der Waals surface area contributed by atoms with Crippen molar-refractivity contribution < 1.29 is 5.11 Å². The van der Waals surface area contributed by atoms with Crippen LogP contribution < -0.4 is 0 Å². The van der Waals surface area contributed by atoms with Gasteiger partial charge in [0.05, 0.1) is 6.10 Å². The molecule has 1 unspecified atom stereocenters. The monoisotopic (exact) mass is 249 g/mol. The number of rotatable bonds is 6. The fourth-order valence-corrected chi connectivity index (χ4v) is 2.76. The molecule has 0 heterocycles. The van der Waals surface area contributed by atoms with Crippen LogP contribution in [0.4, 0.5) is 0 Å². The Hall–Kier alpha value is -0.860. The van der Waals surface area contributed by atoms with E-state index in [-0.39, 0.29) is 5.54 Å². The maximum Gasteiger partial charge on any atom is 0.0973 e. The van der Waals surface area contributed by atoms with E-state index in [9.17, 15) is 5.11 Å². The van der Waals surface area contributed by atoms with Crippen LogP contribution in [-0.2, 0) is 6.42 Å². The summed E-state index contributed by atoms with van der Waals surface area (Å²) in [4.78, 5) is 2.16. The zero-order valence-electron chi connectivity index (χ0n) is 12.4. The lowest BCUT2D eigenvalue weighted by Crippen LogP contribution is -2.48. The van der Waals surface area contributed by atoms with Gasteiger partial charge < -0.3 is 10.0 Å². The summed E-state index contributed by atoms with van der Waals surface area (Å²) in [7, 11) is 4.10. The molecule has 2 nitrogen and oxygen atoms in total. The van der Waals surface area contributed by atoms with Crippen LogP contribution in [0.15, 0.2) is 24.3 Å². The Kier molecular flexibility index (Phi) is 5.36. The van der Waals surface area contributed by atoms with Crippen LogP contribution in [0.2, 0.25) is 0 Å². The second-order valence-corrected chi connectivity index (χ2v) is 5.20. The largest absolute Gasteiger partial charge is 0.386 e. The third-order valence-corrected chi connectivity index (χ3v) is 4.33. The van der Waals surface area contributed by atoms with Crippen LogP contribution in [0.25, 0.3) is 0 Å². The third-order valence-electron chi connectivity index (χ3n) is 4.33. The predicted octanol–water partition coefficient (Wildman–Crippen LogP) is 3.40. The fourth-order valence-electron chi connectivity index (χ4n) is 2.76. The van der Waals surface area contributed by atoms with Crippen LogP contribution in [-0.4, -0.2) is 29.6 Å². The molecule has 1 rings (SSSR count). The van der Waals surface area contributed by atoms with Crippen molar-refractivity contribution in [3.63, 3.8) is 0 Å². The Balaban J connectivity index is 3.05. The van der Waals surface area contributed by atoms with Crippen molar-refractivity contribution >= 4 is 0 Å². The van der Waals surface area contributed by atoms with E-state index in [1.54, 1.807) is 0 Å². The van der Waals surface area contributed by atoms with Gasteiger partial charge in [-0.1, -0.05) is 45.0 Å². The number of likely N-dealkylation sites (N-methyl/N-ethyl adjacent to an activating group) is 1. The first kappa shape index (κ1) is 15.2. The van der Waals surface area contributed by atoms with Gasteiger partial charge in [-0.25, -0.2) is 0 Å². The second-order valence-electron chi connectivity index (χ2n) is 5.20. The minimum absolute atomic E-state index is 0.173. The van der Waals surface area contributed by atoms with Crippen molar-refractivity contribution in [3.8, 4) is 0 Å². The summed E-state index contributed by atoms with van der Waals surface area (Å²) >= 11 is 0. The number of benzene rings is 1. The van der Waals surface area contributed by atoms with Gasteiger partial charge in [0.1, 0.15) is 0 Å². The highest BCUT2D eigenvalue weighted by Crippen LogP contribution is 2.35. The fraction of sp³-hybridized carbons (Fsp3) is 0.625. The minimum Gasteiger partial charge on any atom is -0.386 e. The molecule has 0 saturated heterocycles. The molecule has 2 heteroatoms. The first-order valence-electron chi connectivity index (χ1n) is 6.96. The highest BCUT2D eigenvalue weighted by molar-refractivity contribution is 5.26. The van der Waals surface area contributed by atoms with Crippen molar-refractivity contribution in [2.45, 2.75) is 51.7 Å². The highest BCUT2D eigenvalue weighted by Gasteiger charge is 2.37. The highest BCUT2D eigenvalue weighted by atomic mass is 16.3. The van der Waals surface area contributed by atoms with Crippen molar-refractivity contribution in [3.05, 3.63) is 35.4 Å². The summed E-state index contributed by atoms with van der Waals surface area (Å²) in [6.07, 6.45) is 2.48. The van der Waals surface area contributed by atoms with Crippen LogP contribution in [0.5, 0.6) is 0 Å². The average Bonchev–Trinajstić information content (AvgIpc) is 2.40. The number of aliphatic hydroxyl groups excluding tert-OH is 1. The van der Waals surface area contributed by atoms with E-state index in [0.29, 0.717) is 0 Å². The molecule has 0 radical (unpaired) electrons. The molecule has 18 heavy (non-hydrogen) atoms. The molecule has 0 aliphatic carbocycles. The van der Waals surface area contributed by atoms with Crippen molar-refractivity contribution in [1.29, 1.82) is 0 Å². The smallest absolute Gasteiger partial charge is 0.0973 e. The standard InChI is InChI=1S/C16H27NO/c1-6-13-9-11-14(12-10-13)15(18)16(7-2,8-3)17(4)5/h9-12,15,18H,6-8H2,1-5H3. The van der Waals surface area contributed by atoms with Crippen molar-refractivity contribution in [1.82, 2.24) is 4.90 Å².